The fourth-order valence-electron chi connectivity index (χ4n) is 8.42. The molecule has 0 amide bonds. The molecule has 0 N–H and O–H groups in total. The van der Waals surface area contributed by atoms with Crippen LogP contribution in [0.1, 0.15) is 71.1 Å². The summed E-state index contributed by atoms with van der Waals surface area (Å²) < 4.78 is 13.6. The predicted octanol–water partition coefficient (Wildman–Crippen LogP) is 10.5. The number of rotatable bonds is 4. The van der Waals surface area contributed by atoms with Gasteiger partial charge in [-0.25, -0.2) is 0 Å². The first-order valence-electron chi connectivity index (χ1n) is 16.1. The summed E-state index contributed by atoms with van der Waals surface area (Å²) >= 11 is 0. The maximum atomic E-state index is 6.79. The average Bonchev–Trinajstić information content (AvgIpc) is 3.09. The van der Waals surface area contributed by atoms with Gasteiger partial charge < -0.3 is 9.47 Å². The van der Waals surface area contributed by atoms with E-state index in [2.05, 4.69) is 79.7 Å². The molecule has 0 bridgehead atoms. The van der Waals surface area contributed by atoms with Gasteiger partial charge in [0.05, 0.1) is 13.2 Å². The first-order chi connectivity index (χ1) is 19.8. The van der Waals surface area contributed by atoms with E-state index in [-0.39, 0.29) is 0 Å². The molecule has 3 aliphatic rings. The lowest BCUT2D eigenvalue weighted by Crippen LogP contribution is -2.33. The van der Waals surface area contributed by atoms with E-state index >= 15 is 0 Å². The first-order valence-corrected chi connectivity index (χ1v) is 16.1. The normalized spacial score (nSPS) is 25.6. The van der Waals surface area contributed by atoms with Crippen LogP contribution in [0.25, 0.3) is 32.7 Å². The molecule has 0 saturated heterocycles. The summed E-state index contributed by atoms with van der Waals surface area (Å²) in [5, 5.41) is 4.94. The second-order valence-electron chi connectivity index (χ2n) is 12.9. The van der Waals surface area contributed by atoms with Crippen molar-refractivity contribution < 1.29 is 9.47 Å². The number of fused-ring (bicyclic) bond motifs is 7. The average molecular weight is 533 g/mol. The molecule has 2 aliphatic carbocycles. The Bertz CT molecular complexity index is 1370. The molecule has 2 heteroatoms. The molecule has 7 rings (SSSR count). The van der Waals surface area contributed by atoms with Crippen molar-refractivity contribution in [1.29, 1.82) is 0 Å². The summed E-state index contributed by atoms with van der Waals surface area (Å²) in [7, 11) is 0. The maximum Gasteiger partial charge on any atom is 0.127 e. The Morgan fingerprint density at radius 2 is 0.975 bits per heavy atom. The quantitative estimate of drug-likeness (QED) is 0.260. The van der Waals surface area contributed by atoms with E-state index in [4.69, 9.17) is 9.47 Å². The second-order valence-corrected chi connectivity index (χ2v) is 12.9. The van der Waals surface area contributed by atoms with Gasteiger partial charge in [0.1, 0.15) is 11.5 Å². The van der Waals surface area contributed by atoms with E-state index in [0.29, 0.717) is 11.8 Å². The third-order valence-electron chi connectivity index (χ3n) is 10.7. The van der Waals surface area contributed by atoms with Crippen molar-refractivity contribution >= 4 is 21.5 Å². The smallest absolute Gasteiger partial charge is 0.127 e. The van der Waals surface area contributed by atoms with Crippen LogP contribution in [0.2, 0.25) is 0 Å². The summed E-state index contributed by atoms with van der Waals surface area (Å²) in [6.07, 6.45) is 14.1. The van der Waals surface area contributed by atoms with Crippen molar-refractivity contribution in [3.63, 3.8) is 0 Å². The minimum Gasteiger partial charge on any atom is -0.492 e. The van der Waals surface area contributed by atoms with E-state index in [1.54, 1.807) is 0 Å². The Morgan fingerprint density at radius 1 is 0.525 bits per heavy atom. The highest BCUT2D eigenvalue weighted by atomic mass is 16.5. The molecule has 0 atom stereocenters. The molecular weight excluding hydrogens is 488 g/mol. The van der Waals surface area contributed by atoms with Gasteiger partial charge in [-0.05, 0) is 95.9 Å². The van der Waals surface area contributed by atoms with Crippen molar-refractivity contribution in [2.45, 2.75) is 71.1 Å². The Balaban J connectivity index is 1.15. The SMILES string of the molecule is CCCC1CCC(C2CCC(C3COc4ccc5ccccc5c4-c4c(ccc5ccccc45)OC3)CC2)CC1. The van der Waals surface area contributed by atoms with Crippen molar-refractivity contribution in [3.05, 3.63) is 72.8 Å². The summed E-state index contributed by atoms with van der Waals surface area (Å²) in [5.74, 6) is 5.99. The maximum absolute atomic E-state index is 6.79. The molecule has 1 aliphatic heterocycles. The summed E-state index contributed by atoms with van der Waals surface area (Å²) in [4.78, 5) is 0. The third-order valence-corrected chi connectivity index (χ3v) is 10.7. The number of ether oxygens (including phenoxy) is 2. The van der Waals surface area contributed by atoms with Crippen LogP contribution in [0.4, 0.5) is 0 Å². The van der Waals surface area contributed by atoms with Gasteiger partial charge in [0.2, 0.25) is 0 Å². The van der Waals surface area contributed by atoms with E-state index in [1.807, 2.05) is 0 Å². The van der Waals surface area contributed by atoms with Crippen LogP contribution in [0.5, 0.6) is 11.5 Å². The van der Waals surface area contributed by atoms with Crippen molar-refractivity contribution in [1.82, 2.24) is 0 Å². The molecular formula is C38H44O2. The highest BCUT2D eigenvalue weighted by molar-refractivity contribution is 6.09. The zero-order chi connectivity index (χ0) is 26.9. The van der Waals surface area contributed by atoms with Crippen LogP contribution in [0.3, 0.4) is 0 Å². The summed E-state index contributed by atoms with van der Waals surface area (Å²) in [6, 6.07) is 26.2. The third kappa shape index (κ3) is 5.00. The van der Waals surface area contributed by atoms with Crippen LogP contribution < -0.4 is 9.47 Å². The van der Waals surface area contributed by atoms with E-state index in [9.17, 15) is 0 Å². The topological polar surface area (TPSA) is 18.5 Å². The number of benzene rings is 4. The molecule has 2 fully saturated rings. The molecule has 0 unspecified atom stereocenters. The highest BCUT2D eigenvalue weighted by Crippen LogP contribution is 2.48. The minimum absolute atomic E-state index is 0.415. The highest BCUT2D eigenvalue weighted by Gasteiger charge is 2.34. The lowest BCUT2D eigenvalue weighted by atomic mass is 9.67. The van der Waals surface area contributed by atoms with Gasteiger partial charge in [-0.1, -0.05) is 93.3 Å². The lowest BCUT2D eigenvalue weighted by Gasteiger charge is -2.39. The fraction of sp³-hybridized carbons (Fsp3) is 0.474. The van der Waals surface area contributed by atoms with Crippen LogP contribution >= 0.6 is 0 Å². The molecule has 0 spiro atoms. The summed E-state index contributed by atoms with van der Waals surface area (Å²) in [5.41, 5.74) is 2.35. The molecule has 2 nitrogen and oxygen atoms in total. The first kappa shape index (κ1) is 25.9. The van der Waals surface area contributed by atoms with Gasteiger partial charge in [-0.15, -0.1) is 0 Å². The molecule has 4 aromatic carbocycles. The molecule has 40 heavy (non-hydrogen) atoms. The van der Waals surface area contributed by atoms with Gasteiger partial charge >= 0.3 is 0 Å². The molecule has 2 saturated carbocycles. The molecule has 0 radical (unpaired) electrons. The number of hydrogen-bond donors (Lipinski definition) is 0. The Kier molecular flexibility index (Phi) is 7.44. The monoisotopic (exact) mass is 532 g/mol. The van der Waals surface area contributed by atoms with Crippen molar-refractivity contribution in [2.24, 2.45) is 29.6 Å². The molecule has 1 heterocycles. The predicted molar refractivity (Wildman–Crippen MR) is 167 cm³/mol. The van der Waals surface area contributed by atoms with Gasteiger partial charge in [-0.2, -0.15) is 0 Å². The minimum atomic E-state index is 0.415. The Hall–Kier alpha value is -3.00. The zero-order valence-electron chi connectivity index (χ0n) is 24.1. The van der Waals surface area contributed by atoms with Gasteiger partial charge in [0.15, 0.2) is 0 Å². The largest absolute Gasteiger partial charge is 0.492 e. The van der Waals surface area contributed by atoms with Gasteiger partial charge in [0, 0.05) is 17.0 Å². The standard InChI is InChI=1S/C38H44O2/c1-2-7-26-12-14-27(15-13-26)28-16-18-29(19-17-28)32-24-39-35-22-20-30-8-3-5-10-33(30)37(35)38-34-11-6-4-9-31(34)21-23-36(38)40-25-32/h3-6,8-11,20-23,26-29,32H,2,7,12-19,24-25H2,1H3. The van der Waals surface area contributed by atoms with Crippen LogP contribution in [0.15, 0.2) is 72.8 Å². The molecule has 0 aromatic heterocycles. The molecule has 4 aromatic rings. The molecule has 208 valence electrons. The second kappa shape index (κ2) is 11.5. The lowest BCUT2D eigenvalue weighted by molar-refractivity contribution is 0.0784. The van der Waals surface area contributed by atoms with Crippen LogP contribution in [-0.4, -0.2) is 13.2 Å². The fourth-order valence-corrected chi connectivity index (χ4v) is 8.42. The van der Waals surface area contributed by atoms with Crippen molar-refractivity contribution in [3.8, 4) is 22.6 Å². The summed E-state index contributed by atoms with van der Waals surface area (Å²) in [6.45, 7) is 3.81. The van der Waals surface area contributed by atoms with Crippen molar-refractivity contribution in [2.75, 3.05) is 13.2 Å². The zero-order valence-corrected chi connectivity index (χ0v) is 24.1. The Morgan fingerprint density at radius 3 is 1.48 bits per heavy atom. The van der Waals surface area contributed by atoms with Crippen LogP contribution in [-0.2, 0) is 0 Å². The number of hydrogen-bond acceptors (Lipinski definition) is 2. The van der Waals surface area contributed by atoms with Crippen LogP contribution in [0, 0.1) is 29.6 Å². The Labute approximate surface area is 240 Å². The van der Waals surface area contributed by atoms with E-state index in [1.165, 1.54) is 96.9 Å². The van der Waals surface area contributed by atoms with E-state index < -0.39 is 0 Å². The van der Waals surface area contributed by atoms with Gasteiger partial charge in [0.25, 0.3) is 0 Å². The van der Waals surface area contributed by atoms with E-state index in [0.717, 1.165) is 42.5 Å². The van der Waals surface area contributed by atoms with Gasteiger partial charge in [-0.3, -0.25) is 0 Å².